The zero-order valence-electron chi connectivity index (χ0n) is 9.21. The van der Waals surface area contributed by atoms with Crippen LogP contribution in [0.2, 0.25) is 0 Å². The van der Waals surface area contributed by atoms with Crippen molar-refractivity contribution in [1.82, 2.24) is 4.90 Å². The number of carbonyl (C=O) groups is 1. The van der Waals surface area contributed by atoms with Gasteiger partial charge in [-0.25, -0.2) is 8.78 Å². The summed E-state index contributed by atoms with van der Waals surface area (Å²) in [6.45, 7) is 1.16. The van der Waals surface area contributed by atoms with Crippen molar-refractivity contribution in [1.29, 1.82) is 0 Å². The minimum Gasteiger partial charge on any atom is -0.399 e. The minimum atomic E-state index is -2.53. The second kappa shape index (κ2) is 4.92. The maximum atomic E-state index is 12.1. The van der Waals surface area contributed by atoms with Crippen LogP contribution in [-0.4, -0.2) is 30.8 Å². The van der Waals surface area contributed by atoms with Gasteiger partial charge in [-0.3, -0.25) is 4.79 Å². The molecule has 0 heterocycles. The molecular weight excluding hydrogens is 214 g/mol. The van der Waals surface area contributed by atoms with Crippen LogP contribution < -0.4 is 5.73 Å². The van der Waals surface area contributed by atoms with Crippen LogP contribution in [0.1, 0.15) is 15.9 Å². The van der Waals surface area contributed by atoms with Gasteiger partial charge < -0.3 is 10.6 Å². The van der Waals surface area contributed by atoms with E-state index in [4.69, 9.17) is 5.73 Å². The van der Waals surface area contributed by atoms with Gasteiger partial charge in [-0.15, -0.1) is 0 Å². The Kier molecular flexibility index (Phi) is 3.82. The van der Waals surface area contributed by atoms with E-state index in [1.165, 1.54) is 13.1 Å². The van der Waals surface area contributed by atoms with Crippen molar-refractivity contribution in [2.24, 2.45) is 0 Å². The van der Waals surface area contributed by atoms with Crippen molar-refractivity contribution in [3.63, 3.8) is 0 Å². The molecule has 1 amide bonds. The molecule has 1 aromatic rings. The summed E-state index contributed by atoms with van der Waals surface area (Å²) in [5.74, 6) is -0.440. The van der Waals surface area contributed by atoms with Crippen LogP contribution >= 0.6 is 0 Å². The molecule has 0 spiro atoms. The molecule has 0 aliphatic rings. The fourth-order valence-electron chi connectivity index (χ4n) is 1.37. The number of benzene rings is 1. The number of rotatable bonds is 3. The third-order valence-corrected chi connectivity index (χ3v) is 2.25. The minimum absolute atomic E-state index is 0.364. The Hall–Kier alpha value is -1.65. The predicted octanol–water partition coefficient (Wildman–Crippen LogP) is 1.91. The standard InChI is InChI=1S/C11H14F2N2O/c1-7-3-4-8(14)5-9(7)11(16)15(2)6-10(12)13/h3-5,10H,6,14H2,1-2H3. The summed E-state index contributed by atoms with van der Waals surface area (Å²) in [5, 5.41) is 0. The first-order chi connectivity index (χ1) is 7.41. The van der Waals surface area contributed by atoms with Crippen molar-refractivity contribution in [3.05, 3.63) is 29.3 Å². The SMILES string of the molecule is Cc1ccc(N)cc1C(=O)N(C)CC(F)F. The number of alkyl halides is 2. The maximum absolute atomic E-state index is 12.1. The maximum Gasteiger partial charge on any atom is 0.255 e. The molecule has 0 aliphatic heterocycles. The first-order valence-corrected chi connectivity index (χ1v) is 4.81. The van der Waals surface area contributed by atoms with E-state index in [2.05, 4.69) is 0 Å². The molecule has 1 aromatic carbocycles. The normalized spacial score (nSPS) is 10.6. The molecule has 0 fully saturated rings. The number of anilines is 1. The van der Waals surface area contributed by atoms with E-state index in [-0.39, 0.29) is 0 Å². The molecule has 0 aromatic heterocycles. The average Bonchev–Trinajstić information content (AvgIpc) is 2.19. The van der Waals surface area contributed by atoms with Crippen LogP contribution in [0, 0.1) is 6.92 Å². The molecule has 0 atom stereocenters. The van der Waals surface area contributed by atoms with E-state index in [1.54, 1.807) is 19.1 Å². The largest absolute Gasteiger partial charge is 0.399 e. The van der Waals surface area contributed by atoms with E-state index >= 15 is 0 Å². The van der Waals surface area contributed by atoms with Crippen LogP contribution in [0.15, 0.2) is 18.2 Å². The van der Waals surface area contributed by atoms with E-state index in [0.717, 1.165) is 10.5 Å². The number of nitrogen functional groups attached to an aromatic ring is 1. The lowest BCUT2D eigenvalue weighted by Gasteiger charge is -2.17. The van der Waals surface area contributed by atoms with Crippen molar-refractivity contribution in [2.75, 3.05) is 19.3 Å². The highest BCUT2D eigenvalue weighted by molar-refractivity contribution is 5.96. The van der Waals surface area contributed by atoms with Crippen molar-refractivity contribution >= 4 is 11.6 Å². The summed E-state index contributed by atoms with van der Waals surface area (Å²) in [5.41, 5.74) is 7.08. The van der Waals surface area contributed by atoms with Gasteiger partial charge in [0.15, 0.2) is 0 Å². The number of hydrogen-bond donors (Lipinski definition) is 1. The lowest BCUT2D eigenvalue weighted by atomic mass is 10.1. The Morgan fingerprint density at radius 3 is 2.69 bits per heavy atom. The predicted molar refractivity (Wildman–Crippen MR) is 58.6 cm³/mol. The quantitative estimate of drug-likeness (QED) is 0.803. The van der Waals surface area contributed by atoms with Crippen LogP contribution in [0.4, 0.5) is 14.5 Å². The van der Waals surface area contributed by atoms with Crippen molar-refractivity contribution < 1.29 is 13.6 Å². The lowest BCUT2D eigenvalue weighted by molar-refractivity contribution is 0.0619. The first-order valence-electron chi connectivity index (χ1n) is 4.81. The zero-order chi connectivity index (χ0) is 12.3. The molecule has 5 heteroatoms. The van der Waals surface area contributed by atoms with Crippen LogP contribution in [0.3, 0.4) is 0 Å². The number of amides is 1. The Morgan fingerprint density at radius 1 is 1.50 bits per heavy atom. The highest BCUT2D eigenvalue weighted by Crippen LogP contribution is 2.15. The third kappa shape index (κ3) is 2.92. The van der Waals surface area contributed by atoms with Crippen LogP contribution in [-0.2, 0) is 0 Å². The summed E-state index contributed by atoms with van der Waals surface area (Å²) >= 11 is 0. The molecule has 88 valence electrons. The molecule has 0 aliphatic carbocycles. The van der Waals surface area contributed by atoms with Gasteiger partial charge in [-0.2, -0.15) is 0 Å². The van der Waals surface area contributed by atoms with E-state index in [9.17, 15) is 13.6 Å². The topological polar surface area (TPSA) is 46.3 Å². The zero-order valence-corrected chi connectivity index (χ0v) is 9.21. The molecule has 16 heavy (non-hydrogen) atoms. The Balaban J connectivity index is 2.91. The fourth-order valence-corrected chi connectivity index (χ4v) is 1.37. The molecule has 2 N–H and O–H groups in total. The van der Waals surface area contributed by atoms with Gasteiger partial charge in [-0.1, -0.05) is 6.07 Å². The van der Waals surface area contributed by atoms with Gasteiger partial charge in [-0.05, 0) is 24.6 Å². The second-order valence-electron chi connectivity index (χ2n) is 3.65. The first kappa shape index (κ1) is 12.4. The summed E-state index contributed by atoms with van der Waals surface area (Å²) < 4.78 is 24.2. The molecule has 0 saturated heterocycles. The monoisotopic (exact) mass is 228 g/mol. The Labute approximate surface area is 92.8 Å². The Morgan fingerprint density at radius 2 is 2.12 bits per heavy atom. The summed E-state index contributed by atoms with van der Waals surface area (Å²) in [6, 6.07) is 4.86. The van der Waals surface area contributed by atoms with Gasteiger partial charge in [0.05, 0.1) is 6.54 Å². The van der Waals surface area contributed by atoms with Crippen LogP contribution in [0.5, 0.6) is 0 Å². The molecule has 0 bridgehead atoms. The Bertz CT molecular complexity index is 394. The number of halogens is 2. The van der Waals surface area contributed by atoms with E-state index in [1.807, 2.05) is 0 Å². The van der Waals surface area contributed by atoms with Gasteiger partial charge in [0.2, 0.25) is 0 Å². The number of hydrogen-bond acceptors (Lipinski definition) is 2. The number of aryl methyl sites for hydroxylation is 1. The van der Waals surface area contributed by atoms with Gasteiger partial charge in [0, 0.05) is 18.3 Å². The smallest absolute Gasteiger partial charge is 0.255 e. The molecular formula is C11H14F2N2O. The number of nitrogens with two attached hydrogens (primary N) is 1. The van der Waals surface area contributed by atoms with Gasteiger partial charge in [0.25, 0.3) is 12.3 Å². The van der Waals surface area contributed by atoms with Crippen molar-refractivity contribution in [2.45, 2.75) is 13.3 Å². The van der Waals surface area contributed by atoms with E-state index < -0.39 is 18.9 Å². The number of nitrogens with zero attached hydrogens (tertiary/aromatic N) is 1. The highest BCUT2D eigenvalue weighted by atomic mass is 19.3. The summed E-state index contributed by atoms with van der Waals surface area (Å²) in [7, 11) is 1.34. The molecule has 0 saturated carbocycles. The highest BCUT2D eigenvalue weighted by Gasteiger charge is 2.17. The molecule has 3 nitrogen and oxygen atoms in total. The third-order valence-electron chi connectivity index (χ3n) is 2.25. The fraction of sp³-hybridized carbons (Fsp3) is 0.364. The molecule has 0 unspecified atom stereocenters. The van der Waals surface area contributed by atoms with Crippen LogP contribution in [0.25, 0.3) is 0 Å². The molecule has 0 radical (unpaired) electrons. The van der Waals surface area contributed by atoms with Gasteiger partial charge in [0.1, 0.15) is 0 Å². The van der Waals surface area contributed by atoms with E-state index in [0.29, 0.717) is 11.3 Å². The summed E-state index contributed by atoms with van der Waals surface area (Å²) in [4.78, 5) is 12.8. The molecule has 1 rings (SSSR count). The average molecular weight is 228 g/mol. The van der Waals surface area contributed by atoms with Crippen molar-refractivity contribution in [3.8, 4) is 0 Å². The summed E-state index contributed by atoms with van der Waals surface area (Å²) in [6.07, 6.45) is -2.53. The second-order valence-corrected chi connectivity index (χ2v) is 3.65. The number of carbonyl (C=O) groups excluding carboxylic acids is 1. The lowest BCUT2D eigenvalue weighted by Crippen LogP contribution is -2.31. The van der Waals surface area contributed by atoms with Gasteiger partial charge >= 0.3 is 0 Å².